The molecule has 0 aliphatic rings. The number of hydrogen-bond acceptors (Lipinski definition) is 1. The van der Waals surface area contributed by atoms with Gasteiger partial charge in [-0.05, 0) is 48.9 Å². The summed E-state index contributed by atoms with van der Waals surface area (Å²) < 4.78 is 40.3. The molecule has 0 aliphatic carbocycles. The van der Waals surface area contributed by atoms with Crippen LogP contribution in [0.4, 0.5) is 8.78 Å². The van der Waals surface area contributed by atoms with Gasteiger partial charge in [0, 0.05) is 15.5 Å². The van der Waals surface area contributed by atoms with Crippen LogP contribution in [0, 0.1) is 11.6 Å². The third-order valence-corrected chi connectivity index (χ3v) is 5.42. The van der Waals surface area contributed by atoms with Crippen molar-refractivity contribution in [1.29, 1.82) is 0 Å². The molecule has 2 aromatic carbocycles. The number of hydrogen-bond donors (Lipinski definition) is 0. The third kappa shape index (κ3) is 4.14. The van der Waals surface area contributed by atoms with Gasteiger partial charge in [0.1, 0.15) is 11.6 Å². The van der Waals surface area contributed by atoms with Crippen molar-refractivity contribution in [2.75, 3.05) is 0 Å². The molecule has 22 heavy (non-hydrogen) atoms. The predicted octanol–water partition coefficient (Wildman–Crippen LogP) is 5.66. The highest BCUT2D eigenvalue weighted by molar-refractivity contribution is 7.85. The van der Waals surface area contributed by atoms with Crippen LogP contribution < -0.4 is 0 Å². The monoisotopic (exact) mass is 342 g/mol. The molecular formula is C17H17ClF2OS. The Kier molecular flexibility index (Phi) is 6.09. The summed E-state index contributed by atoms with van der Waals surface area (Å²) in [4.78, 5) is 0.564. The molecule has 0 fully saturated rings. The van der Waals surface area contributed by atoms with Gasteiger partial charge >= 0.3 is 0 Å². The maximum absolute atomic E-state index is 14.1. The van der Waals surface area contributed by atoms with Crippen LogP contribution in [0.15, 0.2) is 47.4 Å². The van der Waals surface area contributed by atoms with Crippen LogP contribution in [0.2, 0.25) is 5.02 Å². The molecule has 1 nitrogen and oxygen atoms in total. The van der Waals surface area contributed by atoms with E-state index < -0.39 is 27.7 Å². The molecule has 5 heteroatoms. The summed E-state index contributed by atoms with van der Waals surface area (Å²) in [5, 5.41) is -0.0281. The summed E-state index contributed by atoms with van der Waals surface area (Å²) in [6.45, 7) is 2.00. The second-order valence-corrected chi connectivity index (χ2v) is 7.12. The number of benzene rings is 2. The average molecular weight is 343 g/mol. The van der Waals surface area contributed by atoms with Crippen LogP contribution >= 0.6 is 11.6 Å². The highest BCUT2D eigenvalue weighted by atomic mass is 35.5. The second kappa shape index (κ2) is 7.84. The zero-order chi connectivity index (χ0) is 16.1. The van der Waals surface area contributed by atoms with Gasteiger partial charge in [-0.1, -0.05) is 31.4 Å². The number of halogens is 3. The van der Waals surface area contributed by atoms with Crippen LogP contribution in [-0.4, -0.2) is 4.21 Å². The molecule has 0 N–H and O–H groups in total. The van der Waals surface area contributed by atoms with E-state index in [2.05, 4.69) is 0 Å². The van der Waals surface area contributed by atoms with Crippen molar-refractivity contribution < 1.29 is 13.0 Å². The minimum atomic E-state index is -1.47. The summed E-state index contributed by atoms with van der Waals surface area (Å²) in [6.07, 6.45) is 2.22. The van der Waals surface area contributed by atoms with Crippen LogP contribution in [0.3, 0.4) is 0 Å². The molecule has 2 atom stereocenters. The maximum Gasteiger partial charge on any atom is 0.127 e. The fraction of sp³-hybridized carbons (Fsp3) is 0.294. The van der Waals surface area contributed by atoms with Crippen LogP contribution in [0.25, 0.3) is 0 Å². The van der Waals surface area contributed by atoms with Gasteiger partial charge < -0.3 is 0 Å². The van der Waals surface area contributed by atoms with Crippen molar-refractivity contribution in [1.82, 2.24) is 0 Å². The van der Waals surface area contributed by atoms with Crippen molar-refractivity contribution in [2.45, 2.75) is 36.3 Å². The molecule has 2 rings (SSSR count). The van der Waals surface area contributed by atoms with Crippen LogP contribution in [0.1, 0.15) is 37.0 Å². The first-order valence-corrected chi connectivity index (χ1v) is 8.73. The highest BCUT2D eigenvalue weighted by Gasteiger charge is 2.23. The van der Waals surface area contributed by atoms with Crippen LogP contribution in [0.5, 0.6) is 0 Å². The molecular weight excluding hydrogens is 326 g/mol. The van der Waals surface area contributed by atoms with E-state index in [0.29, 0.717) is 16.3 Å². The molecule has 0 spiro atoms. The lowest BCUT2D eigenvalue weighted by atomic mass is 10.1. The highest BCUT2D eigenvalue weighted by Crippen LogP contribution is 2.32. The van der Waals surface area contributed by atoms with Gasteiger partial charge in [-0.2, -0.15) is 0 Å². The maximum atomic E-state index is 14.1. The minimum absolute atomic E-state index is 0.168. The van der Waals surface area contributed by atoms with E-state index in [4.69, 9.17) is 11.6 Å². The molecule has 2 unspecified atom stereocenters. The molecule has 0 saturated carbocycles. The first kappa shape index (κ1) is 17.1. The molecule has 0 amide bonds. The van der Waals surface area contributed by atoms with Crippen molar-refractivity contribution >= 4 is 22.4 Å². The van der Waals surface area contributed by atoms with Gasteiger partial charge in [0.2, 0.25) is 0 Å². The van der Waals surface area contributed by atoms with Gasteiger partial charge in [-0.25, -0.2) is 8.78 Å². The van der Waals surface area contributed by atoms with Gasteiger partial charge in [0.05, 0.1) is 16.0 Å². The fourth-order valence-electron chi connectivity index (χ4n) is 2.26. The fourth-order valence-corrected chi connectivity index (χ4v) is 3.91. The standard InChI is InChI=1S/C17H17ClF2OS/c1-2-3-4-17(15-11-13(19)7-10-16(15)20)22(21)14-8-5-12(18)6-9-14/h5-11,17H,2-4H2,1H3. The molecule has 0 saturated heterocycles. The zero-order valence-corrected chi connectivity index (χ0v) is 13.8. The Morgan fingerprint density at radius 2 is 1.82 bits per heavy atom. The Balaban J connectivity index is 2.38. The summed E-state index contributed by atoms with van der Waals surface area (Å²) in [5.74, 6) is -1.05. The topological polar surface area (TPSA) is 17.1 Å². The lowest BCUT2D eigenvalue weighted by molar-refractivity contribution is 0.568. The molecule has 0 aromatic heterocycles. The molecule has 2 aromatic rings. The summed E-state index contributed by atoms with van der Waals surface area (Å²) in [7, 11) is -1.47. The Bertz CT molecular complexity index is 658. The Hall–Kier alpha value is -1.26. The Morgan fingerprint density at radius 3 is 2.45 bits per heavy atom. The molecule has 0 heterocycles. The van der Waals surface area contributed by atoms with E-state index in [1.54, 1.807) is 24.3 Å². The normalized spacial score (nSPS) is 13.8. The average Bonchev–Trinajstić information content (AvgIpc) is 2.51. The predicted molar refractivity (Wildman–Crippen MR) is 86.5 cm³/mol. The van der Waals surface area contributed by atoms with E-state index in [0.717, 1.165) is 31.0 Å². The minimum Gasteiger partial charge on any atom is -0.254 e. The largest absolute Gasteiger partial charge is 0.254 e. The van der Waals surface area contributed by atoms with Gasteiger partial charge in [0.15, 0.2) is 0 Å². The zero-order valence-electron chi connectivity index (χ0n) is 12.2. The number of rotatable bonds is 6. The first-order chi connectivity index (χ1) is 10.5. The van der Waals surface area contributed by atoms with E-state index in [9.17, 15) is 13.0 Å². The third-order valence-electron chi connectivity index (χ3n) is 3.43. The van der Waals surface area contributed by atoms with Crippen molar-refractivity contribution in [3.63, 3.8) is 0 Å². The van der Waals surface area contributed by atoms with Crippen LogP contribution in [-0.2, 0) is 10.8 Å². The Labute approximate surface area is 136 Å². The van der Waals surface area contributed by atoms with E-state index in [-0.39, 0.29) is 5.56 Å². The summed E-state index contributed by atoms with van der Waals surface area (Å²) in [6, 6.07) is 9.91. The quantitative estimate of drug-likeness (QED) is 0.662. The lowest BCUT2D eigenvalue weighted by Crippen LogP contribution is -2.10. The lowest BCUT2D eigenvalue weighted by Gasteiger charge is -2.18. The van der Waals surface area contributed by atoms with E-state index in [1.165, 1.54) is 0 Å². The smallest absolute Gasteiger partial charge is 0.127 e. The molecule has 118 valence electrons. The SMILES string of the molecule is CCCCC(c1cc(F)ccc1F)S(=O)c1ccc(Cl)cc1. The van der Waals surface area contributed by atoms with E-state index >= 15 is 0 Å². The molecule has 0 bridgehead atoms. The second-order valence-electron chi connectivity index (χ2n) is 5.05. The van der Waals surface area contributed by atoms with Crippen molar-refractivity contribution in [3.8, 4) is 0 Å². The molecule has 0 radical (unpaired) electrons. The number of unbranched alkanes of at least 4 members (excludes halogenated alkanes) is 1. The molecule has 0 aliphatic heterocycles. The van der Waals surface area contributed by atoms with Crippen molar-refractivity contribution in [3.05, 3.63) is 64.7 Å². The summed E-state index contributed by atoms with van der Waals surface area (Å²) in [5.41, 5.74) is 0.168. The van der Waals surface area contributed by atoms with Gasteiger partial charge in [-0.15, -0.1) is 0 Å². The summed E-state index contributed by atoms with van der Waals surface area (Å²) >= 11 is 5.83. The van der Waals surface area contributed by atoms with Gasteiger partial charge in [0.25, 0.3) is 0 Å². The first-order valence-electron chi connectivity index (χ1n) is 7.14. The van der Waals surface area contributed by atoms with Gasteiger partial charge in [-0.3, -0.25) is 4.21 Å². The Morgan fingerprint density at radius 1 is 1.14 bits per heavy atom. The van der Waals surface area contributed by atoms with E-state index in [1.807, 2.05) is 6.92 Å². The van der Waals surface area contributed by atoms with Crippen molar-refractivity contribution in [2.24, 2.45) is 0 Å².